The highest BCUT2D eigenvalue weighted by Gasteiger charge is 2.15. The molecule has 0 spiro atoms. The number of fused-ring (bicyclic) bond motifs is 1. The lowest BCUT2D eigenvalue weighted by molar-refractivity contribution is 1.22. The van der Waals surface area contributed by atoms with Crippen LogP contribution in [0, 0.1) is 0 Å². The van der Waals surface area contributed by atoms with Crippen LogP contribution in [0.1, 0.15) is 0 Å². The van der Waals surface area contributed by atoms with Crippen LogP contribution in [0.25, 0.3) is 0 Å². The van der Waals surface area contributed by atoms with E-state index >= 15 is 0 Å². The minimum atomic E-state index is -0.0368. The number of hydrogen-bond donors (Lipinski definition) is 3. The van der Waals surface area contributed by atoms with Gasteiger partial charge < -0.3 is 10.6 Å². The maximum Gasteiger partial charge on any atom is 0.143 e. The predicted octanol–water partition coefficient (Wildman–Crippen LogP) is 1.79. The van der Waals surface area contributed by atoms with Crippen LogP contribution in [0.5, 0.6) is 0 Å². The van der Waals surface area contributed by atoms with Gasteiger partial charge in [0.25, 0.3) is 0 Å². The lowest BCUT2D eigenvalue weighted by atomic mass is 10.4. The monoisotopic (exact) mass is 187 g/mol. The first kappa shape index (κ1) is 7.06. The molecule has 1 aliphatic heterocycles. The minimum absolute atomic E-state index is 0.0368. The Kier molecular flexibility index (Phi) is 1.58. The second-order valence-electron chi connectivity index (χ2n) is 2.24. The Balaban J connectivity index is 2.43. The number of hydrogen-bond acceptors (Lipinski definition) is 4. The summed E-state index contributed by atoms with van der Waals surface area (Å²) in [6.07, 6.45) is 1.68. The van der Waals surface area contributed by atoms with Crippen molar-refractivity contribution < 1.29 is 0 Å². The van der Waals surface area contributed by atoms with E-state index in [0.29, 0.717) is 5.15 Å². The summed E-state index contributed by atoms with van der Waals surface area (Å²) in [5, 5.41) is 6.61. The van der Waals surface area contributed by atoms with E-state index < -0.39 is 0 Å². The van der Waals surface area contributed by atoms with Gasteiger partial charge in [0, 0.05) is 6.07 Å². The van der Waals surface area contributed by atoms with Gasteiger partial charge in [-0.2, -0.15) is 0 Å². The van der Waals surface area contributed by atoms with Crippen molar-refractivity contribution in [2.24, 2.45) is 0 Å². The number of nitrogens with one attached hydrogen (secondary N) is 2. The lowest BCUT2D eigenvalue weighted by Crippen LogP contribution is -2.12. The number of anilines is 2. The summed E-state index contributed by atoms with van der Waals surface area (Å²) in [5.74, 6) is 0. The first-order chi connectivity index (χ1) is 5.25. The number of rotatable bonds is 0. The summed E-state index contributed by atoms with van der Waals surface area (Å²) in [5.41, 5.74) is 1.85. The molecular weight excluding hydrogens is 182 g/mol. The average Bonchev–Trinajstić information content (AvgIpc) is 2.27. The van der Waals surface area contributed by atoms with Crippen molar-refractivity contribution >= 4 is 35.6 Å². The topological polar surface area (TPSA) is 37.0 Å². The summed E-state index contributed by atoms with van der Waals surface area (Å²) >= 11 is 9.85. The molecule has 2 N–H and O–H groups in total. The van der Waals surface area contributed by atoms with Crippen LogP contribution in [0.3, 0.4) is 0 Å². The fourth-order valence-electron chi connectivity index (χ4n) is 0.995. The molecule has 1 unspecified atom stereocenters. The van der Waals surface area contributed by atoms with Crippen molar-refractivity contribution in [2.75, 3.05) is 10.6 Å². The largest absolute Gasteiger partial charge is 0.355 e. The highest BCUT2D eigenvalue weighted by molar-refractivity contribution is 7.81. The zero-order chi connectivity index (χ0) is 7.84. The summed E-state index contributed by atoms with van der Waals surface area (Å²) in [6.45, 7) is 0. The summed E-state index contributed by atoms with van der Waals surface area (Å²) in [4.78, 5) is 3.91. The van der Waals surface area contributed by atoms with Crippen LogP contribution in [0.15, 0.2) is 12.3 Å². The van der Waals surface area contributed by atoms with Crippen molar-refractivity contribution in [3.8, 4) is 0 Å². The molecule has 0 radical (unpaired) electrons. The van der Waals surface area contributed by atoms with Gasteiger partial charge in [0.15, 0.2) is 0 Å². The zero-order valence-electron chi connectivity index (χ0n) is 5.50. The van der Waals surface area contributed by atoms with Crippen LogP contribution in [0.4, 0.5) is 11.4 Å². The molecule has 0 aromatic carbocycles. The van der Waals surface area contributed by atoms with E-state index in [1.54, 1.807) is 12.3 Å². The molecule has 1 aliphatic rings. The second-order valence-corrected chi connectivity index (χ2v) is 3.15. The highest BCUT2D eigenvalue weighted by atomic mass is 35.5. The van der Waals surface area contributed by atoms with E-state index in [2.05, 4.69) is 28.2 Å². The number of halogens is 1. The third-order valence-electron chi connectivity index (χ3n) is 1.46. The van der Waals surface area contributed by atoms with Crippen LogP contribution in [-0.4, -0.2) is 10.5 Å². The van der Waals surface area contributed by atoms with Gasteiger partial charge in [-0.15, -0.1) is 12.6 Å². The van der Waals surface area contributed by atoms with Gasteiger partial charge in [-0.1, -0.05) is 11.6 Å². The fourth-order valence-corrected chi connectivity index (χ4v) is 1.43. The lowest BCUT2D eigenvalue weighted by Gasteiger charge is -2.00. The third-order valence-corrected chi connectivity index (χ3v) is 1.92. The molecule has 5 heteroatoms. The van der Waals surface area contributed by atoms with E-state index in [-0.39, 0.29) is 5.50 Å². The summed E-state index contributed by atoms with van der Waals surface area (Å²) in [6, 6.07) is 1.76. The molecule has 3 nitrogen and oxygen atoms in total. The van der Waals surface area contributed by atoms with Crippen LogP contribution < -0.4 is 10.6 Å². The normalized spacial score (nSPS) is 20.4. The van der Waals surface area contributed by atoms with Gasteiger partial charge >= 0.3 is 0 Å². The molecule has 0 aliphatic carbocycles. The quantitative estimate of drug-likeness (QED) is 0.428. The molecule has 2 heterocycles. The van der Waals surface area contributed by atoms with Crippen LogP contribution in [0.2, 0.25) is 5.15 Å². The molecular formula is C6H6ClN3S. The van der Waals surface area contributed by atoms with Gasteiger partial charge in [0.2, 0.25) is 0 Å². The molecule has 11 heavy (non-hydrogen) atoms. The molecule has 58 valence electrons. The van der Waals surface area contributed by atoms with Gasteiger partial charge in [-0.3, -0.25) is 0 Å². The molecule has 0 fully saturated rings. The molecule has 0 bridgehead atoms. The summed E-state index contributed by atoms with van der Waals surface area (Å²) < 4.78 is 0. The average molecular weight is 188 g/mol. The number of thiol groups is 1. The van der Waals surface area contributed by atoms with E-state index in [1.165, 1.54) is 0 Å². The Morgan fingerprint density at radius 2 is 2.18 bits per heavy atom. The maximum atomic E-state index is 5.67. The van der Waals surface area contributed by atoms with Crippen molar-refractivity contribution in [1.29, 1.82) is 0 Å². The van der Waals surface area contributed by atoms with Crippen molar-refractivity contribution in [1.82, 2.24) is 4.98 Å². The number of aromatic nitrogens is 1. The third kappa shape index (κ3) is 1.23. The molecule has 0 saturated carbocycles. The Morgan fingerprint density at radius 3 is 3.00 bits per heavy atom. The van der Waals surface area contributed by atoms with Crippen molar-refractivity contribution in [3.05, 3.63) is 17.4 Å². The fraction of sp³-hybridized carbons (Fsp3) is 0.167. The zero-order valence-corrected chi connectivity index (χ0v) is 7.15. The number of pyridine rings is 1. The SMILES string of the molecule is SC1Nc2cnc(Cl)cc2N1. The standard InChI is InChI=1S/C6H6ClN3S/c7-5-1-3-4(2-8-5)10-6(11)9-3/h1-2,6,9-11H. The van der Waals surface area contributed by atoms with Gasteiger partial charge in [0.05, 0.1) is 17.6 Å². The van der Waals surface area contributed by atoms with Crippen molar-refractivity contribution in [2.45, 2.75) is 5.50 Å². The molecule has 1 aromatic rings. The molecule has 0 saturated heterocycles. The molecule has 1 aromatic heterocycles. The van der Waals surface area contributed by atoms with Gasteiger partial charge in [-0.25, -0.2) is 4.98 Å². The van der Waals surface area contributed by atoms with Crippen LogP contribution >= 0.6 is 24.2 Å². The minimum Gasteiger partial charge on any atom is -0.355 e. The molecule has 1 atom stereocenters. The smallest absolute Gasteiger partial charge is 0.143 e. The second kappa shape index (κ2) is 2.46. The Labute approximate surface area is 74.6 Å². The first-order valence-electron chi connectivity index (χ1n) is 3.12. The maximum absolute atomic E-state index is 5.67. The first-order valence-corrected chi connectivity index (χ1v) is 4.02. The van der Waals surface area contributed by atoms with Crippen LogP contribution in [-0.2, 0) is 0 Å². The highest BCUT2D eigenvalue weighted by Crippen LogP contribution is 2.30. The van der Waals surface area contributed by atoms with E-state index in [1.807, 2.05) is 0 Å². The molecule has 0 amide bonds. The predicted molar refractivity (Wildman–Crippen MR) is 49.3 cm³/mol. The van der Waals surface area contributed by atoms with E-state index in [0.717, 1.165) is 11.4 Å². The van der Waals surface area contributed by atoms with Gasteiger partial charge in [-0.05, 0) is 0 Å². The Morgan fingerprint density at radius 1 is 1.45 bits per heavy atom. The van der Waals surface area contributed by atoms with Crippen molar-refractivity contribution in [3.63, 3.8) is 0 Å². The summed E-state index contributed by atoms with van der Waals surface area (Å²) in [7, 11) is 0. The van der Waals surface area contributed by atoms with E-state index in [4.69, 9.17) is 11.6 Å². The number of nitrogens with zero attached hydrogens (tertiary/aromatic N) is 1. The molecule has 2 rings (SSSR count). The van der Waals surface area contributed by atoms with E-state index in [9.17, 15) is 0 Å². The Bertz CT molecular complexity index is 291. The Hall–Kier alpha value is -0.610. The van der Waals surface area contributed by atoms with Gasteiger partial charge in [0.1, 0.15) is 10.7 Å².